The average molecular weight is 274 g/mol. The SMILES string of the molecule is COc1ccc(-c2nc(NC3CC3)sc2C)cc1C. The van der Waals surface area contributed by atoms with Crippen LogP contribution in [0, 0.1) is 13.8 Å². The van der Waals surface area contributed by atoms with Gasteiger partial charge in [-0.2, -0.15) is 0 Å². The van der Waals surface area contributed by atoms with Crippen LogP contribution in [0.25, 0.3) is 11.3 Å². The maximum absolute atomic E-state index is 5.30. The van der Waals surface area contributed by atoms with Crippen molar-refractivity contribution in [2.24, 2.45) is 0 Å². The molecule has 100 valence electrons. The van der Waals surface area contributed by atoms with E-state index < -0.39 is 0 Å². The van der Waals surface area contributed by atoms with E-state index in [4.69, 9.17) is 9.72 Å². The van der Waals surface area contributed by atoms with Crippen LogP contribution < -0.4 is 10.1 Å². The molecule has 3 nitrogen and oxygen atoms in total. The second-order valence-electron chi connectivity index (χ2n) is 5.03. The number of hydrogen-bond donors (Lipinski definition) is 1. The van der Waals surface area contributed by atoms with Gasteiger partial charge in [0.1, 0.15) is 5.75 Å². The van der Waals surface area contributed by atoms with Gasteiger partial charge in [-0.3, -0.25) is 0 Å². The number of methoxy groups -OCH3 is 1. The van der Waals surface area contributed by atoms with Gasteiger partial charge in [-0.25, -0.2) is 4.98 Å². The Morgan fingerprint density at radius 2 is 2.11 bits per heavy atom. The van der Waals surface area contributed by atoms with Gasteiger partial charge in [-0.1, -0.05) is 0 Å². The standard InChI is InChI=1S/C15H18N2OS/c1-9-8-11(4-7-13(9)18-3)14-10(2)19-15(17-14)16-12-5-6-12/h4,7-8,12H,5-6H2,1-3H3,(H,16,17). The largest absolute Gasteiger partial charge is 0.496 e. The number of nitrogens with one attached hydrogen (secondary N) is 1. The van der Waals surface area contributed by atoms with Crippen LogP contribution in [0.3, 0.4) is 0 Å². The van der Waals surface area contributed by atoms with Gasteiger partial charge >= 0.3 is 0 Å². The molecule has 1 saturated carbocycles. The topological polar surface area (TPSA) is 34.1 Å². The van der Waals surface area contributed by atoms with Crippen LogP contribution in [0.1, 0.15) is 23.3 Å². The lowest BCUT2D eigenvalue weighted by Gasteiger charge is -2.06. The maximum Gasteiger partial charge on any atom is 0.183 e. The predicted octanol–water partition coefficient (Wildman–Crippen LogP) is 4.01. The summed E-state index contributed by atoms with van der Waals surface area (Å²) in [6.45, 7) is 4.19. The molecule has 19 heavy (non-hydrogen) atoms. The zero-order valence-corrected chi connectivity index (χ0v) is 12.3. The van der Waals surface area contributed by atoms with E-state index in [1.54, 1.807) is 18.4 Å². The Hall–Kier alpha value is -1.55. The zero-order valence-electron chi connectivity index (χ0n) is 11.5. The number of rotatable bonds is 4. The Morgan fingerprint density at radius 3 is 2.74 bits per heavy atom. The second kappa shape index (κ2) is 4.85. The highest BCUT2D eigenvalue weighted by Gasteiger charge is 2.22. The molecule has 0 radical (unpaired) electrons. The number of benzene rings is 1. The molecule has 1 aromatic carbocycles. The molecule has 1 aliphatic carbocycles. The van der Waals surface area contributed by atoms with Crippen LogP contribution in [0.15, 0.2) is 18.2 Å². The number of nitrogens with zero attached hydrogens (tertiary/aromatic N) is 1. The van der Waals surface area contributed by atoms with E-state index in [2.05, 4.69) is 31.3 Å². The Morgan fingerprint density at radius 1 is 1.32 bits per heavy atom. The van der Waals surface area contributed by atoms with Gasteiger partial charge in [0.15, 0.2) is 5.13 Å². The fourth-order valence-electron chi connectivity index (χ4n) is 2.15. The minimum absolute atomic E-state index is 0.649. The van der Waals surface area contributed by atoms with Crippen molar-refractivity contribution in [2.75, 3.05) is 12.4 Å². The van der Waals surface area contributed by atoms with Gasteiger partial charge in [0.25, 0.3) is 0 Å². The molecular weight excluding hydrogens is 256 g/mol. The fourth-order valence-corrected chi connectivity index (χ4v) is 3.07. The molecule has 0 atom stereocenters. The molecule has 0 bridgehead atoms. The van der Waals surface area contributed by atoms with E-state index in [-0.39, 0.29) is 0 Å². The summed E-state index contributed by atoms with van der Waals surface area (Å²) >= 11 is 1.74. The first kappa shape index (κ1) is 12.5. The zero-order chi connectivity index (χ0) is 13.4. The number of aryl methyl sites for hydroxylation is 2. The third-order valence-corrected chi connectivity index (χ3v) is 4.27. The van der Waals surface area contributed by atoms with Crippen molar-refractivity contribution in [2.45, 2.75) is 32.7 Å². The Labute approximate surface area is 117 Å². The Balaban J connectivity index is 1.91. The molecule has 1 fully saturated rings. The van der Waals surface area contributed by atoms with E-state index in [0.717, 1.165) is 27.7 Å². The molecule has 1 aromatic heterocycles. The molecule has 1 heterocycles. The summed E-state index contributed by atoms with van der Waals surface area (Å²) in [6, 6.07) is 6.88. The summed E-state index contributed by atoms with van der Waals surface area (Å²) in [6.07, 6.45) is 2.55. The quantitative estimate of drug-likeness (QED) is 0.914. The Bertz CT molecular complexity index is 602. The number of aromatic nitrogens is 1. The van der Waals surface area contributed by atoms with Gasteiger partial charge in [-0.05, 0) is 50.5 Å². The van der Waals surface area contributed by atoms with E-state index >= 15 is 0 Å². The summed E-state index contributed by atoms with van der Waals surface area (Å²) < 4.78 is 5.30. The van der Waals surface area contributed by atoms with E-state index in [1.807, 2.05) is 6.07 Å². The van der Waals surface area contributed by atoms with Crippen LogP contribution >= 0.6 is 11.3 Å². The van der Waals surface area contributed by atoms with Crippen LogP contribution in [0.5, 0.6) is 5.75 Å². The number of hydrogen-bond acceptors (Lipinski definition) is 4. The van der Waals surface area contributed by atoms with Gasteiger partial charge in [-0.15, -0.1) is 11.3 Å². The maximum atomic E-state index is 5.30. The minimum atomic E-state index is 0.649. The molecule has 2 aromatic rings. The summed E-state index contributed by atoms with van der Waals surface area (Å²) in [5.41, 5.74) is 3.39. The Kier molecular flexibility index (Phi) is 3.19. The second-order valence-corrected chi connectivity index (χ2v) is 6.23. The normalized spacial score (nSPS) is 14.5. The van der Waals surface area contributed by atoms with Crippen LogP contribution in [0.4, 0.5) is 5.13 Å². The minimum Gasteiger partial charge on any atom is -0.496 e. The first-order valence-electron chi connectivity index (χ1n) is 6.56. The highest BCUT2D eigenvalue weighted by atomic mass is 32.1. The smallest absolute Gasteiger partial charge is 0.183 e. The van der Waals surface area contributed by atoms with Crippen molar-refractivity contribution in [1.29, 1.82) is 0 Å². The molecule has 4 heteroatoms. The van der Waals surface area contributed by atoms with E-state index in [0.29, 0.717) is 6.04 Å². The molecule has 1 N–H and O–H groups in total. The third-order valence-electron chi connectivity index (χ3n) is 3.37. The number of ether oxygens (including phenoxy) is 1. The lowest BCUT2D eigenvalue weighted by Crippen LogP contribution is -1.99. The van der Waals surface area contributed by atoms with Crippen molar-refractivity contribution in [1.82, 2.24) is 4.98 Å². The average Bonchev–Trinajstić information content (AvgIpc) is 3.12. The van der Waals surface area contributed by atoms with Crippen LogP contribution in [-0.2, 0) is 0 Å². The first-order chi connectivity index (χ1) is 9.17. The first-order valence-corrected chi connectivity index (χ1v) is 7.38. The van der Waals surface area contributed by atoms with Gasteiger partial charge in [0.05, 0.1) is 12.8 Å². The van der Waals surface area contributed by atoms with E-state index in [1.165, 1.54) is 17.7 Å². The summed E-state index contributed by atoms with van der Waals surface area (Å²) in [5, 5.41) is 4.51. The molecule has 0 spiro atoms. The number of anilines is 1. The highest BCUT2D eigenvalue weighted by molar-refractivity contribution is 7.16. The van der Waals surface area contributed by atoms with Crippen molar-refractivity contribution in [3.8, 4) is 17.0 Å². The number of thiazole rings is 1. The monoisotopic (exact) mass is 274 g/mol. The highest BCUT2D eigenvalue weighted by Crippen LogP contribution is 2.34. The lowest BCUT2D eigenvalue weighted by molar-refractivity contribution is 0.412. The van der Waals surface area contributed by atoms with E-state index in [9.17, 15) is 0 Å². The summed E-state index contributed by atoms with van der Waals surface area (Å²) in [4.78, 5) is 5.98. The predicted molar refractivity (Wildman–Crippen MR) is 80.2 cm³/mol. The van der Waals surface area contributed by atoms with Crippen molar-refractivity contribution in [3.05, 3.63) is 28.6 Å². The molecule has 3 rings (SSSR count). The van der Waals surface area contributed by atoms with Crippen molar-refractivity contribution in [3.63, 3.8) is 0 Å². The van der Waals surface area contributed by atoms with Crippen LogP contribution in [-0.4, -0.2) is 18.1 Å². The molecule has 1 aliphatic rings. The summed E-state index contributed by atoms with van der Waals surface area (Å²) in [5.74, 6) is 0.924. The summed E-state index contributed by atoms with van der Waals surface area (Å²) in [7, 11) is 1.70. The molecule has 0 saturated heterocycles. The molecule has 0 amide bonds. The molecule has 0 aliphatic heterocycles. The fraction of sp³-hybridized carbons (Fsp3) is 0.400. The third kappa shape index (κ3) is 2.59. The van der Waals surface area contributed by atoms with Crippen molar-refractivity contribution >= 4 is 16.5 Å². The molecular formula is C15H18N2OS. The van der Waals surface area contributed by atoms with Gasteiger partial charge in [0, 0.05) is 16.5 Å². The van der Waals surface area contributed by atoms with Gasteiger partial charge < -0.3 is 10.1 Å². The van der Waals surface area contributed by atoms with Crippen LogP contribution in [0.2, 0.25) is 0 Å². The molecule has 0 unspecified atom stereocenters. The lowest BCUT2D eigenvalue weighted by atomic mass is 10.1. The van der Waals surface area contributed by atoms with Gasteiger partial charge in [0.2, 0.25) is 0 Å². The van der Waals surface area contributed by atoms with Crippen molar-refractivity contribution < 1.29 is 4.74 Å².